The molecule has 0 spiro atoms. The molecule has 0 radical (unpaired) electrons. The lowest BCUT2D eigenvalue weighted by atomic mass is 10.7. The largest absolute Gasteiger partial charge is 0.271 e. The quantitative estimate of drug-likeness (QED) is 0.723. The molecule has 0 aliphatic rings. The van der Waals surface area contributed by atoms with Gasteiger partial charge in [-0.2, -0.15) is 22.0 Å². The van der Waals surface area contributed by atoms with Crippen LogP contribution in [0.3, 0.4) is 0 Å². The monoisotopic (exact) mass is 378 g/mol. The third-order valence-corrected chi connectivity index (χ3v) is 3.89. The van der Waals surface area contributed by atoms with Crippen molar-refractivity contribution in [2.24, 2.45) is 0 Å². The number of thioether (sulfide) groups is 1. The molecule has 0 atom stereocenters. The van der Waals surface area contributed by atoms with Crippen LogP contribution in [0, 0.1) is 0 Å². The fourth-order valence-corrected chi connectivity index (χ4v) is 2.83. The molecular formula is C10H12Br2N4S. The SMILES string of the molecule is Brc1cnn(CCSCCn2cc(Br)cn2)c1. The van der Waals surface area contributed by atoms with Gasteiger partial charge in [0.15, 0.2) is 0 Å². The Bertz CT molecular complexity index is 426. The van der Waals surface area contributed by atoms with Crippen LogP contribution in [0.2, 0.25) is 0 Å². The molecular weight excluding hydrogens is 368 g/mol. The van der Waals surface area contributed by atoms with Gasteiger partial charge in [-0.3, -0.25) is 9.36 Å². The van der Waals surface area contributed by atoms with Crippen molar-refractivity contribution in [1.82, 2.24) is 19.6 Å². The average Bonchev–Trinajstić information content (AvgIpc) is 2.88. The molecule has 7 heteroatoms. The summed E-state index contributed by atoms with van der Waals surface area (Å²) in [4.78, 5) is 0. The van der Waals surface area contributed by atoms with E-state index in [1.807, 2.05) is 45.9 Å². The van der Waals surface area contributed by atoms with Crippen LogP contribution in [-0.4, -0.2) is 31.1 Å². The predicted molar refractivity (Wildman–Crippen MR) is 77.2 cm³/mol. The molecule has 0 fully saturated rings. The van der Waals surface area contributed by atoms with Crippen LogP contribution < -0.4 is 0 Å². The highest BCUT2D eigenvalue weighted by atomic mass is 79.9. The Balaban J connectivity index is 1.60. The number of rotatable bonds is 6. The van der Waals surface area contributed by atoms with Gasteiger partial charge in [-0.05, 0) is 31.9 Å². The van der Waals surface area contributed by atoms with Gasteiger partial charge in [-0.15, -0.1) is 0 Å². The lowest BCUT2D eigenvalue weighted by molar-refractivity contribution is 0.656. The summed E-state index contributed by atoms with van der Waals surface area (Å²) in [7, 11) is 0. The maximum Gasteiger partial charge on any atom is 0.0632 e. The van der Waals surface area contributed by atoms with Crippen LogP contribution in [0.1, 0.15) is 0 Å². The van der Waals surface area contributed by atoms with Crippen molar-refractivity contribution >= 4 is 43.6 Å². The van der Waals surface area contributed by atoms with E-state index in [0.29, 0.717) is 0 Å². The fourth-order valence-electron chi connectivity index (χ4n) is 1.34. The number of nitrogens with zero attached hydrogens (tertiary/aromatic N) is 4. The lowest BCUT2D eigenvalue weighted by Gasteiger charge is -2.02. The Morgan fingerprint density at radius 1 is 0.941 bits per heavy atom. The lowest BCUT2D eigenvalue weighted by Crippen LogP contribution is -2.04. The molecule has 0 saturated carbocycles. The van der Waals surface area contributed by atoms with E-state index in [9.17, 15) is 0 Å². The van der Waals surface area contributed by atoms with Crippen molar-refractivity contribution in [3.8, 4) is 0 Å². The smallest absolute Gasteiger partial charge is 0.0632 e. The highest BCUT2D eigenvalue weighted by Crippen LogP contribution is 2.09. The molecule has 0 aromatic carbocycles. The van der Waals surface area contributed by atoms with Crippen molar-refractivity contribution in [2.45, 2.75) is 13.1 Å². The summed E-state index contributed by atoms with van der Waals surface area (Å²) in [5, 5.41) is 8.42. The Hall–Kier alpha value is -0.270. The van der Waals surface area contributed by atoms with Gasteiger partial charge >= 0.3 is 0 Å². The molecule has 4 nitrogen and oxygen atoms in total. The molecule has 2 aromatic heterocycles. The molecule has 0 N–H and O–H groups in total. The summed E-state index contributed by atoms with van der Waals surface area (Å²) in [6.45, 7) is 1.89. The van der Waals surface area contributed by atoms with Gasteiger partial charge < -0.3 is 0 Å². The van der Waals surface area contributed by atoms with Gasteiger partial charge in [0, 0.05) is 37.0 Å². The van der Waals surface area contributed by atoms with Crippen molar-refractivity contribution in [1.29, 1.82) is 0 Å². The van der Waals surface area contributed by atoms with E-state index in [1.54, 1.807) is 0 Å². The third-order valence-electron chi connectivity index (χ3n) is 2.13. The minimum absolute atomic E-state index is 0.944. The zero-order valence-corrected chi connectivity index (χ0v) is 13.1. The molecule has 0 unspecified atom stereocenters. The number of halogens is 2. The second-order valence-electron chi connectivity index (χ2n) is 3.46. The Kier molecular flexibility index (Phi) is 5.12. The molecule has 0 aliphatic carbocycles. The summed E-state index contributed by atoms with van der Waals surface area (Å²) in [6, 6.07) is 0. The average molecular weight is 380 g/mol. The van der Waals surface area contributed by atoms with Crippen LogP contribution in [0.5, 0.6) is 0 Å². The minimum atomic E-state index is 0.944. The molecule has 0 saturated heterocycles. The van der Waals surface area contributed by atoms with Gasteiger partial charge in [0.25, 0.3) is 0 Å². The van der Waals surface area contributed by atoms with Gasteiger partial charge in [0.05, 0.1) is 21.3 Å². The van der Waals surface area contributed by atoms with Gasteiger partial charge in [0.2, 0.25) is 0 Å². The molecule has 2 heterocycles. The standard InChI is InChI=1S/C10H12Br2N4S/c11-9-5-13-15(7-9)1-3-17-4-2-16-8-10(12)6-14-16/h5-8H,1-4H2. The van der Waals surface area contributed by atoms with E-state index in [2.05, 4.69) is 42.1 Å². The fraction of sp³-hybridized carbons (Fsp3) is 0.400. The number of aromatic nitrogens is 4. The maximum absolute atomic E-state index is 4.21. The topological polar surface area (TPSA) is 35.6 Å². The summed E-state index contributed by atoms with van der Waals surface area (Å²) >= 11 is 8.67. The summed E-state index contributed by atoms with van der Waals surface area (Å²) in [5.41, 5.74) is 0. The number of hydrogen-bond donors (Lipinski definition) is 0. The van der Waals surface area contributed by atoms with Crippen molar-refractivity contribution < 1.29 is 0 Å². The first-order chi connectivity index (χ1) is 8.24. The van der Waals surface area contributed by atoms with E-state index >= 15 is 0 Å². The van der Waals surface area contributed by atoms with Crippen molar-refractivity contribution in [2.75, 3.05) is 11.5 Å². The maximum atomic E-state index is 4.21. The zero-order valence-electron chi connectivity index (χ0n) is 9.09. The first-order valence-corrected chi connectivity index (χ1v) is 7.92. The van der Waals surface area contributed by atoms with Gasteiger partial charge in [0.1, 0.15) is 0 Å². The predicted octanol–water partition coefficient (Wildman–Crippen LogP) is 3.04. The van der Waals surface area contributed by atoms with Crippen molar-refractivity contribution in [3.05, 3.63) is 33.7 Å². The Morgan fingerprint density at radius 3 is 1.76 bits per heavy atom. The summed E-state index contributed by atoms with van der Waals surface area (Å²) < 4.78 is 5.95. The van der Waals surface area contributed by atoms with Crippen LogP contribution >= 0.6 is 43.6 Å². The van der Waals surface area contributed by atoms with Crippen LogP contribution in [-0.2, 0) is 13.1 Å². The second kappa shape index (κ2) is 6.61. The Labute approximate surface area is 121 Å². The number of aryl methyl sites for hydroxylation is 2. The van der Waals surface area contributed by atoms with E-state index < -0.39 is 0 Å². The molecule has 2 rings (SSSR count). The Morgan fingerprint density at radius 2 is 1.41 bits per heavy atom. The number of hydrogen-bond acceptors (Lipinski definition) is 3. The minimum Gasteiger partial charge on any atom is -0.271 e. The van der Waals surface area contributed by atoms with Crippen LogP contribution in [0.25, 0.3) is 0 Å². The van der Waals surface area contributed by atoms with Gasteiger partial charge in [-0.25, -0.2) is 0 Å². The first kappa shape index (κ1) is 13.2. The van der Waals surface area contributed by atoms with Crippen LogP contribution in [0.4, 0.5) is 0 Å². The second-order valence-corrected chi connectivity index (χ2v) is 6.51. The molecule has 92 valence electrons. The molecule has 0 aliphatic heterocycles. The third kappa shape index (κ3) is 4.48. The summed E-state index contributed by atoms with van der Waals surface area (Å²) in [6.07, 6.45) is 7.61. The molecule has 0 amide bonds. The van der Waals surface area contributed by atoms with E-state index in [0.717, 1.165) is 33.5 Å². The van der Waals surface area contributed by atoms with E-state index in [4.69, 9.17) is 0 Å². The highest BCUT2D eigenvalue weighted by molar-refractivity contribution is 9.10. The normalized spacial score (nSPS) is 10.9. The highest BCUT2D eigenvalue weighted by Gasteiger charge is 1.97. The van der Waals surface area contributed by atoms with Gasteiger partial charge in [-0.1, -0.05) is 0 Å². The van der Waals surface area contributed by atoms with E-state index in [1.165, 1.54) is 0 Å². The summed E-state index contributed by atoms with van der Waals surface area (Å²) in [5.74, 6) is 2.13. The van der Waals surface area contributed by atoms with Crippen LogP contribution in [0.15, 0.2) is 33.7 Å². The van der Waals surface area contributed by atoms with E-state index in [-0.39, 0.29) is 0 Å². The zero-order chi connectivity index (χ0) is 12.1. The molecule has 17 heavy (non-hydrogen) atoms. The van der Waals surface area contributed by atoms with Crippen molar-refractivity contribution in [3.63, 3.8) is 0 Å². The first-order valence-electron chi connectivity index (χ1n) is 5.18. The molecule has 0 bridgehead atoms. The molecule has 2 aromatic rings.